The first-order valence-corrected chi connectivity index (χ1v) is 6.05. The van der Waals surface area contributed by atoms with Crippen LogP contribution in [0.4, 0.5) is 0 Å². The van der Waals surface area contributed by atoms with Crippen molar-refractivity contribution in [3.05, 3.63) is 0 Å². The Balaban J connectivity index is 2.11. The van der Waals surface area contributed by atoms with Crippen molar-refractivity contribution in [1.82, 2.24) is 0 Å². The van der Waals surface area contributed by atoms with E-state index in [9.17, 15) is 9.90 Å². The second kappa shape index (κ2) is 4.12. The second-order valence-electron chi connectivity index (χ2n) is 4.94. The molecule has 1 N–H and O–H groups in total. The Morgan fingerprint density at radius 1 is 1.53 bits per heavy atom. The summed E-state index contributed by atoms with van der Waals surface area (Å²) in [5.74, 6) is -0.106. The molecule has 0 aromatic heterocycles. The van der Waals surface area contributed by atoms with E-state index in [2.05, 4.69) is 6.92 Å². The SMILES string of the molecule is CCCCC1(C(=O)O)CCOC1C1CC1. The summed E-state index contributed by atoms with van der Waals surface area (Å²) in [5, 5.41) is 9.46. The highest BCUT2D eigenvalue weighted by Gasteiger charge is 2.55. The quantitative estimate of drug-likeness (QED) is 0.761. The molecule has 3 nitrogen and oxygen atoms in total. The van der Waals surface area contributed by atoms with Crippen molar-refractivity contribution in [3.63, 3.8) is 0 Å². The average molecular weight is 212 g/mol. The third-order valence-corrected chi connectivity index (χ3v) is 3.84. The van der Waals surface area contributed by atoms with Gasteiger partial charge in [-0.3, -0.25) is 4.79 Å². The molecule has 2 rings (SSSR count). The average Bonchev–Trinajstić information content (AvgIpc) is 2.96. The molecule has 0 radical (unpaired) electrons. The van der Waals surface area contributed by atoms with Crippen molar-refractivity contribution < 1.29 is 14.6 Å². The molecule has 2 aliphatic rings. The lowest BCUT2D eigenvalue weighted by Crippen LogP contribution is -2.40. The molecule has 0 aromatic rings. The molecule has 0 amide bonds. The summed E-state index contributed by atoms with van der Waals surface area (Å²) in [4.78, 5) is 11.5. The zero-order chi connectivity index (χ0) is 10.9. The predicted molar refractivity (Wildman–Crippen MR) is 56.7 cm³/mol. The minimum absolute atomic E-state index is 0.00144. The summed E-state index contributed by atoms with van der Waals surface area (Å²) in [7, 11) is 0. The van der Waals surface area contributed by atoms with E-state index in [1.54, 1.807) is 0 Å². The Labute approximate surface area is 90.8 Å². The van der Waals surface area contributed by atoms with Crippen LogP contribution in [-0.2, 0) is 9.53 Å². The lowest BCUT2D eigenvalue weighted by molar-refractivity contribution is -0.154. The molecule has 86 valence electrons. The molecule has 1 heterocycles. The van der Waals surface area contributed by atoms with Gasteiger partial charge in [0.05, 0.1) is 11.5 Å². The van der Waals surface area contributed by atoms with E-state index in [-0.39, 0.29) is 6.10 Å². The fourth-order valence-electron chi connectivity index (χ4n) is 2.75. The summed E-state index contributed by atoms with van der Waals surface area (Å²) in [6.45, 7) is 2.74. The maximum Gasteiger partial charge on any atom is 0.312 e. The third kappa shape index (κ3) is 1.89. The number of hydrogen-bond acceptors (Lipinski definition) is 2. The van der Waals surface area contributed by atoms with Crippen LogP contribution in [0.5, 0.6) is 0 Å². The van der Waals surface area contributed by atoms with Crippen LogP contribution in [0.15, 0.2) is 0 Å². The van der Waals surface area contributed by atoms with Gasteiger partial charge in [0, 0.05) is 6.61 Å². The van der Waals surface area contributed by atoms with Gasteiger partial charge >= 0.3 is 5.97 Å². The van der Waals surface area contributed by atoms with E-state index in [0.29, 0.717) is 18.9 Å². The molecular weight excluding hydrogens is 192 g/mol. The molecule has 2 unspecified atom stereocenters. The zero-order valence-corrected chi connectivity index (χ0v) is 9.37. The van der Waals surface area contributed by atoms with E-state index < -0.39 is 11.4 Å². The number of rotatable bonds is 5. The maximum atomic E-state index is 11.5. The highest BCUT2D eigenvalue weighted by Crippen LogP contribution is 2.50. The summed E-state index contributed by atoms with van der Waals surface area (Å²) in [6.07, 6.45) is 5.88. The fourth-order valence-corrected chi connectivity index (χ4v) is 2.75. The largest absolute Gasteiger partial charge is 0.481 e. The van der Waals surface area contributed by atoms with Gasteiger partial charge in [-0.25, -0.2) is 0 Å². The van der Waals surface area contributed by atoms with Crippen molar-refractivity contribution in [2.75, 3.05) is 6.61 Å². The van der Waals surface area contributed by atoms with E-state index >= 15 is 0 Å². The van der Waals surface area contributed by atoms with E-state index in [0.717, 1.165) is 32.1 Å². The number of carboxylic acid groups (broad SMARTS) is 1. The number of unbranched alkanes of at least 4 members (excludes halogenated alkanes) is 1. The fraction of sp³-hybridized carbons (Fsp3) is 0.917. The third-order valence-electron chi connectivity index (χ3n) is 3.84. The Morgan fingerprint density at radius 3 is 2.80 bits per heavy atom. The normalized spacial score (nSPS) is 35.7. The molecule has 1 saturated heterocycles. The van der Waals surface area contributed by atoms with Crippen LogP contribution in [-0.4, -0.2) is 23.8 Å². The molecule has 1 saturated carbocycles. The van der Waals surface area contributed by atoms with Gasteiger partial charge < -0.3 is 9.84 Å². The van der Waals surface area contributed by atoms with Gasteiger partial charge in [-0.2, -0.15) is 0 Å². The van der Waals surface area contributed by atoms with Crippen LogP contribution in [0, 0.1) is 11.3 Å². The zero-order valence-electron chi connectivity index (χ0n) is 9.37. The first kappa shape index (κ1) is 10.9. The highest BCUT2D eigenvalue weighted by atomic mass is 16.5. The minimum atomic E-state index is -0.634. The molecule has 0 spiro atoms. The van der Waals surface area contributed by atoms with E-state index in [4.69, 9.17) is 4.74 Å². The van der Waals surface area contributed by atoms with Crippen LogP contribution in [0.3, 0.4) is 0 Å². The summed E-state index contributed by atoms with van der Waals surface area (Å²) < 4.78 is 5.67. The van der Waals surface area contributed by atoms with Crippen molar-refractivity contribution >= 4 is 5.97 Å². The molecule has 2 fully saturated rings. The molecule has 0 aromatic carbocycles. The Bertz CT molecular complexity index is 247. The Morgan fingerprint density at radius 2 is 2.27 bits per heavy atom. The Kier molecular flexibility index (Phi) is 3.01. The van der Waals surface area contributed by atoms with Crippen molar-refractivity contribution in [2.24, 2.45) is 11.3 Å². The summed E-state index contributed by atoms with van der Waals surface area (Å²) in [6, 6.07) is 0. The molecule has 2 atom stereocenters. The van der Waals surface area contributed by atoms with Crippen molar-refractivity contribution in [1.29, 1.82) is 0 Å². The number of ether oxygens (including phenoxy) is 1. The van der Waals surface area contributed by atoms with Gasteiger partial charge in [0.1, 0.15) is 0 Å². The lowest BCUT2D eigenvalue weighted by Gasteiger charge is -2.29. The molecular formula is C12H20O3. The lowest BCUT2D eigenvalue weighted by atomic mass is 9.75. The standard InChI is InChI=1S/C12H20O3/c1-2-3-6-12(11(13)14)7-8-15-10(12)9-4-5-9/h9-10H,2-8H2,1H3,(H,13,14). The number of carboxylic acids is 1. The van der Waals surface area contributed by atoms with Crippen LogP contribution in [0.1, 0.15) is 45.4 Å². The number of hydrogen-bond donors (Lipinski definition) is 1. The molecule has 15 heavy (non-hydrogen) atoms. The molecule has 3 heteroatoms. The monoisotopic (exact) mass is 212 g/mol. The van der Waals surface area contributed by atoms with Gasteiger partial charge in [-0.1, -0.05) is 19.8 Å². The number of carbonyl (C=O) groups is 1. The first-order valence-electron chi connectivity index (χ1n) is 6.05. The smallest absolute Gasteiger partial charge is 0.312 e. The maximum absolute atomic E-state index is 11.5. The van der Waals surface area contributed by atoms with Gasteiger partial charge in [0.2, 0.25) is 0 Å². The van der Waals surface area contributed by atoms with Gasteiger partial charge in [-0.15, -0.1) is 0 Å². The molecule has 1 aliphatic heterocycles. The number of aliphatic carboxylic acids is 1. The molecule has 1 aliphatic carbocycles. The van der Waals surface area contributed by atoms with E-state index in [1.807, 2.05) is 0 Å². The topological polar surface area (TPSA) is 46.5 Å². The highest BCUT2D eigenvalue weighted by molar-refractivity contribution is 5.76. The second-order valence-corrected chi connectivity index (χ2v) is 4.94. The summed E-state index contributed by atoms with van der Waals surface area (Å²) in [5.41, 5.74) is -0.558. The van der Waals surface area contributed by atoms with Gasteiger partial charge in [-0.05, 0) is 31.6 Å². The predicted octanol–water partition coefficient (Wildman–Crippen LogP) is 2.45. The molecule has 0 bridgehead atoms. The van der Waals surface area contributed by atoms with Gasteiger partial charge in [0.25, 0.3) is 0 Å². The minimum Gasteiger partial charge on any atom is -0.481 e. The summed E-state index contributed by atoms with van der Waals surface area (Å²) >= 11 is 0. The Hall–Kier alpha value is -0.570. The van der Waals surface area contributed by atoms with Gasteiger partial charge in [0.15, 0.2) is 0 Å². The van der Waals surface area contributed by atoms with Crippen LogP contribution < -0.4 is 0 Å². The van der Waals surface area contributed by atoms with Crippen LogP contribution in [0.2, 0.25) is 0 Å². The van der Waals surface area contributed by atoms with Crippen molar-refractivity contribution in [3.8, 4) is 0 Å². The first-order chi connectivity index (χ1) is 7.20. The van der Waals surface area contributed by atoms with E-state index in [1.165, 1.54) is 0 Å². The van der Waals surface area contributed by atoms with Crippen LogP contribution >= 0.6 is 0 Å². The van der Waals surface area contributed by atoms with Crippen LogP contribution in [0.25, 0.3) is 0 Å². The van der Waals surface area contributed by atoms with Crippen molar-refractivity contribution in [2.45, 2.75) is 51.6 Å².